The highest BCUT2D eigenvalue weighted by molar-refractivity contribution is 5.83. The lowest BCUT2D eigenvalue weighted by atomic mass is 9.63. The van der Waals surface area contributed by atoms with E-state index in [1.54, 1.807) is 6.92 Å². The van der Waals surface area contributed by atoms with Crippen LogP contribution < -0.4 is 16.1 Å². The largest absolute Gasteiger partial charge is 0.379 e. The molecule has 5 aliphatic rings. The number of hydrogen-bond acceptors (Lipinski definition) is 7. The summed E-state index contributed by atoms with van der Waals surface area (Å²) in [5.74, 6) is 2.55. The number of rotatable bonds is 10. The minimum absolute atomic E-state index is 0.00215. The molecule has 3 N–H and O–H groups in total. The predicted octanol–water partition coefficient (Wildman–Crippen LogP) is 3.27. The van der Waals surface area contributed by atoms with Crippen molar-refractivity contribution in [2.75, 3.05) is 59.0 Å². The maximum atomic E-state index is 14.1. The van der Waals surface area contributed by atoms with Crippen molar-refractivity contribution >= 4 is 17.7 Å². The van der Waals surface area contributed by atoms with Crippen LogP contribution in [0.5, 0.6) is 0 Å². The number of carbonyl (C=O) groups is 3. The monoisotopic (exact) mass is 644 g/mol. The standard InChI is InChI=1S/C36H64N6O4/c1-6-42(31-11-13-41(14-12-31)39-27(5)43)34-21-30(29-9-7-28(8-10-29)23-40-15-17-46-18-16-40)20-32(26(34)4)35(44)37-22-33-24(2)19-25(3)38-36(33)45/h24-26,28-34H,6-23H2,1-5H3,(H,37,44)(H,38,45)(H,39,43). The van der Waals surface area contributed by atoms with Crippen LogP contribution in [-0.2, 0) is 19.1 Å². The number of morpholine rings is 1. The van der Waals surface area contributed by atoms with Crippen molar-refractivity contribution in [3.05, 3.63) is 0 Å². The van der Waals surface area contributed by atoms with E-state index in [4.69, 9.17) is 4.74 Å². The SMILES string of the molecule is CCN(C1CCN(NC(C)=O)CC1)C1CC(C2CCC(CN3CCOCC3)CC2)CC(C(=O)NCC2C(=O)NC(C)CC2C)C1C. The number of piperidine rings is 2. The zero-order valence-electron chi connectivity index (χ0n) is 29.5. The van der Waals surface area contributed by atoms with Crippen molar-refractivity contribution in [2.24, 2.45) is 41.4 Å². The molecule has 10 nitrogen and oxygen atoms in total. The molecular formula is C36H64N6O4. The van der Waals surface area contributed by atoms with Gasteiger partial charge in [0, 0.05) is 70.2 Å². The van der Waals surface area contributed by atoms with E-state index in [0.29, 0.717) is 30.5 Å². The van der Waals surface area contributed by atoms with Gasteiger partial charge in [-0.25, -0.2) is 5.01 Å². The summed E-state index contributed by atoms with van der Waals surface area (Å²) in [5, 5.41) is 8.47. The summed E-state index contributed by atoms with van der Waals surface area (Å²) in [6, 6.07) is 1.02. The minimum Gasteiger partial charge on any atom is -0.379 e. The first-order valence-electron chi connectivity index (χ1n) is 18.8. The lowest BCUT2D eigenvalue weighted by molar-refractivity contribution is -0.133. The van der Waals surface area contributed by atoms with Crippen molar-refractivity contribution in [3.63, 3.8) is 0 Å². The van der Waals surface area contributed by atoms with Crippen molar-refractivity contribution < 1.29 is 19.1 Å². The maximum Gasteiger partial charge on any atom is 0.231 e. The number of hydrazine groups is 1. The summed E-state index contributed by atoms with van der Waals surface area (Å²) in [6.07, 6.45) is 10.3. The molecule has 3 heterocycles. The van der Waals surface area contributed by atoms with Crippen LogP contribution in [0.4, 0.5) is 0 Å². The third-order valence-corrected chi connectivity index (χ3v) is 12.5. The van der Waals surface area contributed by atoms with Gasteiger partial charge in [-0.1, -0.05) is 20.8 Å². The summed E-state index contributed by atoms with van der Waals surface area (Å²) in [7, 11) is 0. The predicted molar refractivity (Wildman–Crippen MR) is 181 cm³/mol. The van der Waals surface area contributed by atoms with Crippen molar-refractivity contribution in [2.45, 2.75) is 111 Å². The van der Waals surface area contributed by atoms with E-state index in [1.165, 1.54) is 38.6 Å². The smallest absolute Gasteiger partial charge is 0.231 e. The molecule has 0 aromatic rings. The summed E-state index contributed by atoms with van der Waals surface area (Å²) < 4.78 is 5.58. The lowest BCUT2D eigenvalue weighted by Crippen LogP contribution is -2.58. The van der Waals surface area contributed by atoms with E-state index in [0.717, 1.165) is 77.5 Å². The van der Waals surface area contributed by atoms with Crippen LogP contribution >= 0.6 is 0 Å². The Morgan fingerprint density at radius 1 is 0.935 bits per heavy atom. The quantitative estimate of drug-likeness (QED) is 0.335. The summed E-state index contributed by atoms with van der Waals surface area (Å²) >= 11 is 0. The van der Waals surface area contributed by atoms with Gasteiger partial charge in [0.1, 0.15) is 0 Å². The van der Waals surface area contributed by atoms with Crippen LogP contribution in [0, 0.1) is 41.4 Å². The number of hydrogen-bond donors (Lipinski definition) is 3. The molecule has 2 aliphatic carbocycles. The highest BCUT2D eigenvalue weighted by Crippen LogP contribution is 2.46. The van der Waals surface area contributed by atoms with Gasteiger partial charge in [-0.05, 0) is 101 Å². The Balaban J connectivity index is 1.25. The Hall–Kier alpha value is -1.75. The van der Waals surface area contributed by atoms with E-state index in [1.807, 2.05) is 0 Å². The first-order valence-corrected chi connectivity index (χ1v) is 18.8. The van der Waals surface area contributed by atoms with Crippen LogP contribution in [0.25, 0.3) is 0 Å². The molecule has 5 rings (SSSR count). The molecule has 0 aromatic heterocycles. The third kappa shape index (κ3) is 9.03. The van der Waals surface area contributed by atoms with Gasteiger partial charge in [-0.15, -0.1) is 0 Å². The highest BCUT2D eigenvalue weighted by Gasteiger charge is 2.45. The molecule has 0 bridgehead atoms. The molecule has 7 atom stereocenters. The summed E-state index contributed by atoms with van der Waals surface area (Å²) in [6.45, 7) is 18.6. The number of carbonyl (C=O) groups excluding carboxylic acids is 3. The van der Waals surface area contributed by atoms with Crippen molar-refractivity contribution in [3.8, 4) is 0 Å². The molecule has 3 aliphatic heterocycles. The van der Waals surface area contributed by atoms with E-state index < -0.39 is 0 Å². The Kier molecular flexibility index (Phi) is 12.8. The van der Waals surface area contributed by atoms with Gasteiger partial charge < -0.3 is 15.4 Å². The van der Waals surface area contributed by atoms with Crippen LogP contribution in [0.2, 0.25) is 0 Å². The molecule has 0 radical (unpaired) electrons. The first kappa shape index (κ1) is 35.6. The van der Waals surface area contributed by atoms with Gasteiger partial charge in [0.15, 0.2) is 0 Å². The van der Waals surface area contributed by atoms with E-state index in [2.05, 4.69) is 58.6 Å². The molecule has 10 heteroatoms. The average Bonchev–Trinajstić information content (AvgIpc) is 3.03. The molecule has 0 spiro atoms. The Morgan fingerprint density at radius 3 is 2.26 bits per heavy atom. The zero-order chi connectivity index (χ0) is 32.8. The highest BCUT2D eigenvalue weighted by atomic mass is 16.5. The van der Waals surface area contributed by atoms with Gasteiger partial charge in [-0.2, -0.15) is 0 Å². The average molecular weight is 645 g/mol. The third-order valence-electron chi connectivity index (χ3n) is 12.5. The van der Waals surface area contributed by atoms with E-state index in [-0.39, 0.29) is 47.4 Å². The summed E-state index contributed by atoms with van der Waals surface area (Å²) in [4.78, 5) is 43.9. The van der Waals surface area contributed by atoms with Crippen molar-refractivity contribution in [1.29, 1.82) is 0 Å². The zero-order valence-corrected chi connectivity index (χ0v) is 29.5. The fraction of sp³-hybridized carbons (Fsp3) is 0.917. The topological polar surface area (TPSA) is 106 Å². The van der Waals surface area contributed by atoms with Gasteiger partial charge in [-0.3, -0.25) is 29.6 Å². The first-order chi connectivity index (χ1) is 22.1. The van der Waals surface area contributed by atoms with Crippen LogP contribution in [0.3, 0.4) is 0 Å². The molecule has 2 saturated carbocycles. The fourth-order valence-electron chi connectivity index (χ4n) is 9.91. The molecule has 46 heavy (non-hydrogen) atoms. The molecule has 7 unspecified atom stereocenters. The second kappa shape index (κ2) is 16.6. The normalized spacial score (nSPS) is 37.1. The molecular weight excluding hydrogens is 580 g/mol. The van der Waals surface area contributed by atoms with Crippen molar-refractivity contribution in [1.82, 2.24) is 30.9 Å². The van der Waals surface area contributed by atoms with E-state index >= 15 is 0 Å². The Morgan fingerprint density at radius 2 is 1.63 bits per heavy atom. The Bertz CT molecular complexity index is 1010. The second-order valence-corrected chi connectivity index (χ2v) is 15.6. The number of ether oxygens (including phenoxy) is 1. The van der Waals surface area contributed by atoms with E-state index in [9.17, 15) is 14.4 Å². The molecule has 3 amide bonds. The number of nitrogens with one attached hydrogen (secondary N) is 3. The molecule has 262 valence electrons. The van der Waals surface area contributed by atoms with Gasteiger partial charge >= 0.3 is 0 Å². The maximum absolute atomic E-state index is 14.1. The second-order valence-electron chi connectivity index (χ2n) is 15.6. The van der Waals surface area contributed by atoms with Gasteiger partial charge in [0.05, 0.1) is 19.1 Å². The molecule has 5 fully saturated rings. The lowest BCUT2D eigenvalue weighted by Gasteiger charge is -2.51. The van der Waals surface area contributed by atoms with Crippen LogP contribution in [0.15, 0.2) is 0 Å². The van der Waals surface area contributed by atoms with Crippen LogP contribution in [-0.4, -0.2) is 110 Å². The molecule has 0 aromatic carbocycles. The fourth-order valence-corrected chi connectivity index (χ4v) is 9.91. The van der Waals surface area contributed by atoms with Gasteiger partial charge in [0.25, 0.3) is 0 Å². The van der Waals surface area contributed by atoms with Gasteiger partial charge in [0.2, 0.25) is 17.7 Å². The number of nitrogens with zero attached hydrogens (tertiary/aromatic N) is 3. The molecule has 3 saturated heterocycles. The Labute approximate surface area is 278 Å². The van der Waals surface area contributed by atoms with Crippen LogP contribution in [0.1, 0.15) is 92.4 Å². The summed E-state index contributed by atoms with van der Waals surface area (Å²) in [5.41, 5.74) is 2.98. The number of amides is 3. The minimum atomic E-state index is -0.159.